The maximum atomic E-state index is 12.0. The van der Waals surface area contributed by atoms with Gasteiger partial charge >= 0.3 is 6.09 Å². The van der Waals surface area contributed by atoms with E-state index >= 15 is 0 Å². The molecule has 142 valence electrons. The number of rotatable bonds is 9. The van der Waals surface area contributed by atoms with Crippen LogP contribution in [-0.2, 0) is 9.47 Å². The van der Waals surface area contributed by atoms with Gasteiger partial charge in [-0.2, -0.15) is 0 Å². The van der Waals surface area contributed by atoms with Gasteiger partial charge in [0, 0.05) is 18.7 Å². The first kappa shape index (κ1) is 21.3. The number of carbonyl (C=O) groups is 2. The largest absolute Gasteiger partial charge is 0.481 e. The van der Waals surface area contributed by atoms with E-state index in [-0.39, 0.29) is 12.5 Å². The Morgan fingerprint density at radius 3 is 2.50 bits per heavy atom. The average molecular weight is 362 g/mol. The van der Waals surface area contributed by atoms with Crippen LogP contribution >= 0.6 is 0 Å². The van der Waals surface area contributed by atoms with E-state index in [1.165, 1.54) is 0 Å². The minimum Gasteiger partial charge on any atom is -0.481 e. The van der Waals surface area contributed by atoms with E-state index in [0.717, 1.165) is 0 Å². The zero-order valence-corrected chi connectivity index (χ0v) is 15.5. The Morgan fingerprint density at radius 2 is 1.85 bits per heavy atom. The van der Waals surface area contributed by atoms with Crippen LogP contribution in [0.25, 0.3) is 0 Å². The molecule has 1 aromatic carbocycles. The van der Waals surface area contributed by atoms with Crippen LogP contribution in [0.15, 0.2) is 24.3 Å². The summed E-state index contributed by atoms with van der Waals surface area (Å²) in [5.74, 6) is 2.68. The van der Waals surface area contributed by atoms with Crippen LogP contribution in [0, 0.1) is 12.3 Å². The maximum absolute atomic E-state index is 12.0. The monoisotopic (exact) mass is 362 g/mol. The summed E-state index contributed by atoms with van der Waals surface area (Å²) in [6.07, 6.45) is 4.65. The van der Waals surface area contributed by atoms with Gasteiger partial charge in [0.25, 0.3) is 5.91 Å². The molecule has 0 bridgehead atoms. The van der Waals surface area contributed by atoms with Crippen LogP contribution in [0.3, 0.4) is 0 Å². The number of nitrogens with one attached hydrogen (secondary N) is 2. The van der Waals surface area contributed by atoms with Crippen molar-refractivity contribution < 1.29 is 23.8 Å². The van der Waals surface area contributed by atoms with E-state index in [1.807, 2.05) is 0 Å². The predicted molar refractivity (Wildman–Crippen MR) is 98.2 cm³/mol. The second kappa shape index (κ2) is 11.0. The number of amides is 2. The van der Waals surface area contributed by atoms with Crippen LogP contribution in [0.2, 0.25) is 0 Å². The lowest BCUT2D eigenvalue weighted by Crippen LogP contribution is -2.34. The third kappa shape index (κ3) is 9.55. The SMILES string of the molecule is C#CCOc1cccc(C(=O)NCCOCCNC(=O)OC(C)(C)C)c1. The standard InChI is InChI=1S/C19H26N2O5/c1-5-11-25-16-8-6-7-15(14-16)17(22)20-9-12-24-13-10-21-18(23)26-19(2,3)4/h1,6-8,14H,9-13H2,2-4H3,(H,20,22)(H,21,23). The second-order valence-electron chi connectivity index (χ2n) is 6.32. The van der Waals surface area contributed by atoms with Gasteiger partial charge in [0.1, 0.15) is 18.0 Å². The maximum Gasteiger partial charge on any atom is 0.407 e. The first-order valence-corrected chi connectivity index (χ1v) is 8.31. The van der Waals surface area contributed by atoms with E-state index in [4.69, 9.17) is 20.6 Å². The molecule has 7 nitrogen and oxygen atoms in total. The predicted octanol–water partition coefficient (Wildman–Crippen LogP) is 1.97. The molecule has 0 heterocycles. The molecule has 0 aliphatic heterocycles. The highest BCUT2D eigenvalue weighted by atomic mass is 16.6. The molecule has 0 atom stereocenters. The summed E-state index contributed by atoms with van der Waals surface area (Å²) in [4.78, 5) is 23.5. The molecule has 0 radical (unpaired) electrons. The fourth-order valence-electron chi connectivity index (χ4n) is 1.83. The summed E-state index contributed by atoms with van der Waals surface area (Å²) in [6.45, 7) is 6.86. The number of alkyl carbamates (subject to hydrolysis) is 1. The number of terminal acetylenes is 1. The molecule has 26 heavy (non-hydrogen) atoms. The van der Waals surface area contributed by atoms with Crippen molar-refractivity contribution >= 4 is 12.0 Å². The molecule has 1 rings (SSSR count). The van der Waals surface area contributed by atoms with Gasteiger partial charge in [0.05, 0.1) is 13.2 Å². The molecule has 1 aromatic rings. The molecule has 0 aliphatic carbocycles. The molecule has 0 saturated carbocycles. The van der Waals surface area contributed by atoms with Crippen molar-refractivity contribution in [1.29, 1.82) is 0 Å². The Balaban J connectivity index is 2.17. The van der Waals surface area contributed by atoms with Gasteiger partial charge in [-0.1, -0.05) is 12.0 Å². The summed E-state index contributed by atoms with van der Waals surface area (Å²) in [7, 11) is 0. The Labute approximate surface area is 154 Å². The van der Waals surface area contributed by atoms with E-state index in [0.29, 0.717) is 37.6 Å². The zero-order valence-electron chi connectivity index (χ0n) is 15.5. The smallest absolute Gasteiger partial charge is 0.407 e. The third-order valence-electron chi connectivity index (χ3n) is 2.86. The fourth-order valence-corrected chi connectivity index (χ4v) is 1.83. The summed E-state index contributed by atoms with van der Waals surface area (Å²) < 4.78 is 15.7. The Bertz CT molecular complexity index is 632. The molecule has 2 amide bonds. The van der Waals surface area contributed by atoms with Gasteiger partial charge in [-0.3, -0.25) is 4.79 Å². The lowest BCUT2D eigenvalue weighted by molar-refractivity contribution is 0.0500. The zero-order chi connectivity index (χ0) is 19.4. The lowest BCUT2D eigenvalue weighted by atomic mass is 10.2. The average Bonchev–Trinajstić information content (AvgIpc) is 2.57. The number of ether oxygens (including phenoxy) is 3. The normalized spacial score (nSPS) is 10.5. The molecule has 0 aromatic heterocycles. The summed E-state index contributed by atoms with van der Waals surface area (Å²) in [5, 5.41) is 5.33. The minimum absolute atomic E-state index is 0.149. The van der Waals surface area contributed by atoms with Gasteiger partial charge in [-0.15, -0.1) is 6.42 Å². The molecule has 2 N–H and O–H groups in total. The van der Waals surface area contributed by atoms with E-state index in [9.17, 15) is 9.59 Å². The number of carbonyl (C=O) groups excluding carboxylic acids is 2. The van der Waals surface area contributed by atoms with Crippen molar-refractivity contribution in [2.24, 2.45) is 0 Å². The van der Waals surface area contributed by atoms with Crippen molar-refractivity contribution in [2.45, 2.75) is 26.4 Å². The van der Waals surface area contributed by atoms with Crippen molar-refractivity contribution in [2.75, 3.05) is 32.9 Å². The van der Waals surface area contributed by atoms with Crippen molar-refractivity contribution in [3.8, 4) is 18.1 Å². The Hall–Kier alpha value is -2.72. The minimum atomic E-state index is -0.529. The summed E-state index contributed by atoms with van der Waals surface area (Å²) >= 11 is 0. The molecule has 7 heteroatoms. The van der Waals surface area contributed by atoms with Crippen LogP contribution in [0.1, 0.15) is 31.1 Å². The number of hydrogen-bond donors (Lipinski definition) is 2. The molecule has 0 aliphatic rings. The van der Waals surface area contributed by atoms with Gasteiger partial charge in [0.15, 0.2) is 0 Å². The number of hydrogen-bond acceptors (Lipinski definition) is 5. The first-order valence-electron chi connectivity index (χ1n) is 8.31. The van der Waals surface area contributed by atoms with Crippen LogP contribution in [0.5, 0.6) is 5.75 Å². The Morgan fingerprint density at radius 1 is 1.15 bits per heavy atom. The van der Waals surface area contributed by atoms with Gasteiger partial charge in [-0.25, -0.2) is 4.79 Å². The highest BCUT2D eigenvalue weighted by Crippen LogP contribution is 2.13. The molecule has 0 fully saturated rings. The number of benzene rings is 1. The molecule has 0 saturated heterocycles. The van der Waals surface area contributed by atoms with Crippen LogP contribution < -0.4 is 15.4 Å². The van der Waals surface area contributed by atoms with Gasteiger partial charge in [0.2, 0.25) is 0 Å². The first-order chi connectivity index (χ1) is 12.3. The molecular formula is C19H26N2O5. The lowest BCUT2D eigenvalue weighted by Gasteiger charge is -2.19. The second-order valence-corrected chi connectivity index (χ2v) is 6.32. The van der Waals surface area contributed by atoms with Crippen molar-refractivity contribution in [3.05, 3.63) is 29.8 Å². The van der Waals surface area contributed by atoms with E-state index < -0.39 is 11.7 Å². The quantitative estimate of drug-likeness (QED) is 0.518. The van der Waals surface area contributed by atoms with Gasteiger partial charge < -0.3 is 24.8 Å². The van der Waals surface area contributed by atoms with Crippen LogP contribution in [-0.4, -0.2) is 50.5 Å². The molecular weight excluding hydrogens is 336 g/mol. The van der Waals surface area contributed by atoms with E-state index in [2.05, 4.69) is 16.6 Å². The Kier molecular flexibility index (Phi) is 9.02. The van der Waals surface area contributed by atoms with Crippen molar-refractivity contribution in [3.63, 3.8) is 0 Å². The van der Waals surface area contributed by atoms with Gasteiger partial charge in [-0.05, 0) is 39.0 Å². The highest BCUT2D eigenvalue weighted by Gasteiger charge is 2.15. The summed E-state index contributed by atoms with van der Waals surface area (Å²) in [6, 6.07) is 6.76. The van der Waals surface area contributed by atoms with E-state index in [1.54, 1.807) is 45.0 Å². The van der Waals surface area contributed by atoms with Crippen molar-refractivity contribution in [1.82, 2.24) is 10.6 Å². The topological polar surface area (TPSA) is 85.9 Å². The van der Waals surface area contributed by atoms with Crippen LogP contribution in [0.4, 0.5) is 4.79 Å². The third-order valence-corrected chi connectivity index (χ3v) is 2.86. The molecule has 0 unspecified atom stereocenters. The highest BCUT2D eigenvalue weighted by molar-refractivity contribution is 5.94. The fraction of sp³-hybridized carbons (Fsp3) is 0.474. The summed E-state index contributed by atoms with van der Waals surface area (Å²) in [5.41, 5.74) is -0.0515. The molecule has 0 spiro atoms.